The molecule has 28 heavy (non-hydrogen) atoms. The molecule has 2 aliphatic rings. The molecule has 3 atom stereocenters. The predicted octanol–water partition coefficient (Wildman–Crippen LogP) is 3.03. The van der Waals surface area contributed by atoms with Crippen LogP contribution >= 0.6 is 0 Å². The van der Waals surface area contributed by atoms with Crippen molar-refractivity contribution >= 4 is 11.9 Å². The van der Waals surface area contributed by atoms with Gasteiger partial charge in [0.1, 0.15) is 19.0 Å². The fourth-order valence-electron chi connectivity index (χ4n) is 3.54. The first-order chi connectivity index (χ1) is 13.5. The number of fused-ring (bicyclic) bond motifs is 1. The fraction of sp³-hybridized carbons (Fsp3) is 0.333. The smallest absolute Gasteiger partial charge is 0.305 e. The molecule has 2 aromatic carbocycles. The Labute approximate surface area is 161 Å². The second kappa shape index (κ2) is 7.50. The first-order valence-corrected chi connectivity index (χ1v) is 9.18. The first-order valence-electron chi connectivity index (χ1n) is 9.18. The van der Waals surface area contributed by atoms with Crippen LogP contribution in [0.5, 0.6) is 11.5 Å². The van der Waals surface area contributed by atoms with Gasteiger partial charge >= 0.3 is 5.97 Å². The maximum absolute atomic E-state index is 13.1. The number of carboxylic acid groups (broad SMARTS) is 1. The molecule has 0 unspecified atom stereocenters. The van der Waals surface area contributed by atoms with Gasteiger partial charge in [0.25, 0.3) is 0 Å². The molecule has 4 rings (SSSR count). The zero-order chi connectivity index (χ0) is 19.7. The Kier molecular flexibility index (Phi) is 4.90. The van der Waals surface area contributed by atoms with Crippen molar-refractivity contribution in [2.24, 2.45) is 5.92 Å². The van der Waals surface area contributed by atoms with E-state index in [1.165, 1.54) is 24.3 Å². The average Bonchev–Trinajstić information content (AvgIpc) is 3.48. The molecule has 0 radical (unpaired) electrons. The summed E-state index contributed by atoms with van der Waals surface area (Å²) >= 11 is 0. The van der Waals surface area contributed by atoms with E-state index < -0.39 is 17.8 Å². The van der Waals surface area contributed by atoms with Crippen molar-refractivity contribution in [1.82, 2.24) is 5.32 Å². The van der Waals surface area contributed by atoms with E-state index in [4.69, 9.17) is 14.6 Å². The molecule has 7 heteroatoms. The summed E-state index contributed by atoms with van der Waals surface area (Å²) in [5.74, 6) is -0.414. The third-order valence-corrected chi connectivity index (χ3v) is 5.09. The van der Waals surface area contributed by atoms with E-state index in [2.05, 4.69) is 5.32 Å². The Bertz CT molecular complexity index is 898. The number of carboxylic acids is 1. The van der Waals surface area contributed by atoms with Gasteiger partial charge < -0.3 is 19.9 Å². The van der Waals surface area contributed by atoms with Crippen molar-refractivity contribution in [3.63, 3.8) is 0 Å². The number of hydrogen-bond acceptors (Lipinski definition) is 4. The molecule has 2 N–H and O–H groups in total. The number of carbonyl (C=O) groups is 2. The van der Waals surface area contributed by atoms with Gasteiger partial charge in [-0.05, 0) is 47.7 Å². The van der Waals surface area contributed by atoms with E-state index in [0.29, 0.717) is 36.7 Å². The molecule has 6 nitrogen and oxygen atoms in total. The molecular formula is C21H20FNO5. The Morgan fingerprint density at radius 1 is 1.11 bits per heavy atom. The topological polar surface area (TPSA) is 84.9 Å². The molecule has 0 aromatic heterocycles. The van der Waals surface area contributed by atoms with Crippen LogP contribution in [0.2, 0.25) is 0 Å². The number of nitrogens with one attached hydrogen (secondary N) is 1. The first kappa shape index (κ1) is 18.3. The highest BCUT2D eigenvalue weighted by molar-refractivity contribution is 5.84. The maximum Gasteiger partial charge on any atom is 0.305 e. The van der Waals surface area contributed by atoms with Crippen LogP contribution < -0.4 is 14.8 Å². The number of ether oxygens (including phenoxy) is 2. The highest BCUT2D eigenvalue weighted by Crippen LogP contribution is 2.49. The predicted molar refractivity (Wildman–Crippen MR) is 97.8 cm³/mol. The van der Waals surface area contributed by atoms with Gasteiger partial charge in [-0.25, -0.2) is 4.39 Å². The lowest BCUT2D eigenvalue weighted by Gasteiger charge is -2.19. The van der Waals surface area contributed by atoms with E-state index in [-0.39, 0.29) is 24.2 Å². The van der Waals surface area contributed by atoms with Crippen molar-refractivity contribution < 1.29 is 28.6 Å². The summed E-state index contributed by atoms with van der Waals surface area (Å²) in [4.78, 5) is 23.9. The average molecular weight is 385 g/mol. The quantitative estimate of drug-likeness (QED) is 0.799. The van der Waals surface area contributed by atoms with Crippen LogP contribution in [0.3, 0.4) is 0 Å². The standard InChI is InChI=1S/C21H20FNO5/c22-14-4-1-12(2-5-14)17(11-20(24)25)23-21(26)16-10-15(16)13-3-6-18-19(9-13)28-8-7-27-18/h1-6,9,15-17H,7-8,10-11H2,(H,23,26)(H,24,25)/t15-,16-,17-/m0/s1. The van der Waals surface area contributed by atoms with Gasteiger partial charge in [0, 0.05) is 5.92 Å². The van der Waals surface area contributed by atoms with Crippen molar-refractivity contribution in [3.05, 3.63) is 59.4 Å². The lowest BCUT2D eigenvalue weighted by atomic mass is 10.0. The third-order valence-electron chi connectivity index (χ3n) is 5.09. The van der Waals surface area contributed by atoms with Gasteiger partial charge in [0.2, 0.25) is 5.91 Å². The van der Waals surface area contributed by atoms with Crippen LogP contribution in [0.4, 0.5) is 4.39 Å². The van der Waals surface area contributed by atoms with E-state index in [1.54, 1.807) is 0 Å². The van der Waals surface area contributed by atoms with Crippen molar-refractivity contribution in [3.8, 4) is 11.5 Å². The number of amides is 1. The third kappa shape index (κ3) is 3.93. The van der Waals surface area contributed by atoms with E-state index in [0.717, 1.165) is 5.56 Å². The second-order valence-corrected chi connectivity index (χ2v) is 7.06. The maximum atomic E-state index is 13.1. The van der Waals surface area contributed by atoms with Gasteiger partial charge in [0.05, 0.1) is 12.5 Å². The lowest BCUT2D eigenvalue weighted by molar-refractivity contribution is -0.137. The van der Waals surface area contributed by atoms with Crippen LogP contribution in [0.25, 0.3) is 0 Å². The zero-order valence-corrected chi connectivity index (χ0v) is 15.1. The Balaban J connectivity index is 1.44. The molecule has 0 saturated heterocycles. The van der Waals surface area contributed by atoms with Crippen molar-refractivity contribution in [2.45, 2.75) is 24.8 Å². The largest absolute Gasteiger partial charge is 0.486 e. The number of benzene rings is 2. The van der Waals surface area contributed by atoms with Gasteiger partial charge in [-0.15, -0.1) is 0 Å². The van der Waals surface area contributed by atoms with Gasteiger partial charge in [-0.1, -0.05) is 18.2 Å². The highest BCUT2D eigenvalue weighted by atomic mass is 19.1. The molecular weight excluding hydrogens is 365 g/mol. The Morgan fingerprint density at radius 2 is 1.82 bits per heavy atom. The number of rotatable bonds is 6. The second-order valence-electron chi connectivity index (χ2n) is 7.06. The minimum absolute atomic E-state index is 0.0644. The Hall–Kier alpha value is -3.09. The number of carbonyl (C=O) groups excluding carboxylic acids is 1. The number of aliphatic carboxylic acids is 1. The van der Waals surface area contributed by atoms with Crippen molar-refractivity contribution in [1.29, 1.82) is 0 Å². The number of hydrogen-bond donors (Lipinski definition) is 2. The minimum atomic E-state index is -1.03. The van der Waals surface area contributed by atoms with Gasteiger partial charge in [-0.2, -0.15) is 0 Å². The molecule has 1 amide bonds. The molecule has 1 aliphatic carbocycles. The Morgan fingerprint density at radius 3 is 2.54 bits per heavy atom. The van der Waals surface area contributed by atoms with Gasteiger partial charge in [-0.3, -0.25) is 9.59 Å². The van der Waals surface area contributed by atoms with Crippen LogP contribution in [0.1, 0.15) is 35.9 Å². The van der Waals surface area contributed by atoms with Gasteiger partial charge in [0.15, 0.2) is 11.5 Å². The zero-order valence-electron chi connectivity index (χ0n) is 15.1. The summed E-state index contributed by atoms with van der Waals surface area (Å²) in [5, 5.41) is 12.0. The van der Waals surface area contributed by atoms with E-state index in [1.807, 2.05) is 18.2 Å². The minimum Gasteiger partial charge on any atom is -0.486 e. The molecule has 0 spiro atoms. The molecule has 0 bridgehead atoms. The van der Waals surface area contributed by atoms with Crippen molar-refractivity contribution in [2.75, 3.05) is 13.2 Å². The summed E-state index contributed by atoms with van der Waals surface area (Å²) in [7, 11) is 0. The summed E-state index contributed by atoms with van der Waals surface area (Å²) < 4.78 is 24.3. The molecule has 1 saturated carbocycles. The fourth-order valence-corrected chi connectivity index (χ4v) is 3.54. The summed E-state index contributed by atoms with van der Waals surface area (Å²) in [5.41, 5.74) is 1.56. The number of halogens is 1. The summed E-state index contributed by atoms with van der Waals surface area (Å²) in [6.07, 6.45) is 0.424. The molecule has 2 aromatic rings. The van der Waals surface area contributed by atoms with Crippen LogP contribution in [-0.4, -0.2) is 30.2 Å². The molecule has 1 heterocycles. The van der Waals surface area contributed by atoms with E-state index >= 15 is 0 Å². The summed E-state index contributed by atoms with van der Waals surface area (Å²) in [6.45, 7) is 1.02. The highest BCUT2D eigenvalue weighted by Gasteiger charge is 2.45. The lowest BCUT2D eigenvalue weighted by Crippen LogP contribution is -2.31. The van der Waals surface area contributed by atoms with Crippen LogP contribution in [0, 0.1) is 11.7 Å². The normalized spacial score (nSPS) is 20.9. The van der Waals surface area contributed by atoms with E-state index in [9.17, 15) is 14.0 Å². The van der Waals surface area contributed by atoms with Crippen LogP contribution in [0.15, 0.2) is 42.5 Å². The monoisotopic (exact) mass is 385 g/mol. The molecule has 1 aliphatic heterocycles. The summed E-state index contributed by atoms with van der Waals surface area (Å²) in [6, 6.07) is 10.5. The molecule has 146 valence electrons. The SMILES string of the molecule is O=C(O)C[C@H](NC(=O)[C@H]1C[C@H]1c1ccc2c(c1)OCCO2)c1ccc(F)cc1. The van der Waals surface area contributed by atoms with Crippen LogP contribution in [-0.2, 0) is 9.59 Å². The molecule has 1 fully saturated rings.